The smallest absolute Gasteiger partial charge is 0.386 e. The minimum absolute atomic E-state index is 0.107. The normalized spacial score (nSPS) is 12.3. The molecule has 2 atom stereocenters. The van der Waals surface area contributed by atoms with Crippen molar-refractivity contribution < 1.29 is 37.1 Å². The number of halogens is 3. The number of aromatic nitrogens is 1. The fourth-order valence-corrected chi connectivity index (χ4v) is 4.85. The zero-order valence-electron chi connectivity index (χ0n) is 25.9. The predicted octanol–water partition coefficient (Wildman–Crippen LogP) is 5.94. The Labute approximate surface area is 275 Å². The van der Waals surface area contributed by atoms with E-state index in [1.54, 1.807) is 60.8 Å². The molecule has 4 rings (SSSR count). The second-order valence-electron chi connectivity index (χ2n) is 10.9. The third kappa shape index (κ3) is 11.4. The zero-order valence-corrected chi connectivity index (χ0v) is 25.9. The summed E-state index contributed by atoms with van der Waals surface area (Å²) in [5.74, 6) is -4.45. The lowest BCUT2D eigenvalue weighted by Gasteiger charge is -2.24. The summed E-state index contributed by atoms with van der Waals surface area (Å²) in [5, 5.41) is 8.62. The molecule has 250 valence electrons. The van der Waals surface area contributed by atoms with E-state index in [4.69, 9.17) is 0 Å². The monoisotopic (exact) mass is 660 g/mol. The molecule has 0 bridgehead atoms. The number of pyridine rings is 1. The number of amides is 2. The highest BCUT2D eigenvalue weighted by Crippen LogP contribution is 2.25. The summed E-state index contributed by atoms with van der Waals surface area (Å²) in [4.78, 5) is 54.7. The molecule has 0 saturated heterocycles. The van der Waals surface area contributed by atoms with Gasteiger partial charge in [0.05, 0.1) is 12.5 Å². The number of carbonyl (C=O) groups excluding carboxylic acids is 4. The lowest BCUT2D eigenvalue weighted by atomic mass is 9.98. The minimum Gasteiger partial charge on any atom is -0.386 e. The van der Waals surface area contributed by atoms with Gasteiger partial charge < -0.3 is 20.7 Å². The Balaban J connectivity index is 1.47. The molecule has 3 aromatic carbocycles. The van der Waals surface area contributed by atoms with Crippen molar-refractivity contribution in [1.29, 1.82) is 0 Å². The fraction of sp³-hybridized carbons (Fsp3) is 0.250. The van der Waals surface area contributed by atoms with E-state index >= 15 is 0 Å². The number of esters is 2. The first-order chi connectivity index (χ1) is 23.1. The molecule has 0 spiro atoms. The first kappa shape index (κ1) is 35.3. The van der Waals surface area contributed by atoms with Crippen LogP contribution in [0.3, 0.4) is 0 Å². The summed E-state index contributed by atoms with van der Waals surface area (Å²) >= 11 is 0. The van der Waals surface area contributed by atoms with Gasteiger partial charge in [-0.15, -0.1) is 0 Å². The first-order valence-electron chi connectivity index (χ1n) is 15.3. The van der Waals surface area contributed by atoms with E-state index in [1.807, 2.05) is 48.5 Å². The number of anilines is 1. The van der Waals surface area contributed by atoms with Crippen LogP contribution in [0, 0.1) is 0 Å². The van der Waals surface area contributed by atoms with Crippen LogP contribution in [0.25, 0.3) is 11.1 Å². The summed E-state index contributed by atoms with van der Waals surface area (Å²) in [6.45, 7) is 0.593. The number of unbranched alkanes of at least 4 members (excludes halogenated alkanes) is 1. The van der Waals surface area contributed by atoms with E-state index in [0.29, 0.717) is 24.9 Å². The highest BCUT2D eigenvalue weighted by atomic mass is 19.4. The molecule has 0 radical (unpaired) electrons. The number of carbonyl (C=O) groups is 4. The molecule has 0 aliphatic carbocycles. The number of hydrogen-bond acceptors (Lipinski definition) is 7. The molecule has 9 nitrogen and oxygen atoms in total. The van der Waals surface area contributed by atoms with E-state index in [2.05, 4.69) is 25.7 Å². The molecule has 0 aliphatic rings. The van der Waals surface area contributed by atoms with E-state index in [-0.39, 0.29) is 18.7 Å². The van der Waals surface area contributed by atoms with Gasteiger partial charge in [0, 0.05) is 25.6 Å². The molecule has 1 heterocycles. The van der Waals surface area contributed by atoms with E-state index in [1.165, 1.54) is 0 Å². The van der Waals surface area contributed by atoms with Crippen molar-refractivity contribution in [3.63, 3.8) is 0 Å². The van der Waals surface area contributed by atoms with Gasteiger partial charge in [0.15, 0.2) is 0 Å². The number of benzene rings is 3. The average molecular weight is 661 g/mol. The molecule has 2 amide bonds. The van der Waals surface area contributed by atoms with Gasteiger partial charge in [0.2, 0.25) is 11.8 Å². The van der Waals surface area contributed by atoms with Gasteiger partial charge in [-0.1, -0.05) is 91.0 Å². The van der Waals surface area contributed by atoms with Crippen molar-refractivity contribution in [2.75, 3.05) is 11.9 Å². The molecule has 48 heavy (non-hydrogen) atoms. The Bertz CT molecular complexity index is 1640. The first-order valence-corrected chi connectivity index (χ1v) is 15.3. The predicted molar refractivity (Wildman–Crippen MR) is 173 cm³/mol. The Kier molecular flexibility index (Phi) is 12.8. The summed E-state index contributed by atoms with van der Waals surface area (Å²) in [6.07, 6.45) is -3.03. The van der Waals surface area contributed by atoms with Crippen LogP contribution in [0.15, 0.2) is 109 Å². The maximum absolute atomic E-state index is 13.7. The zero-order chi connectivity index (χ0) is 34.4. The number of alkyl halides is 3. The van der Waals surface area contributed by atoms with Crippen molar-refractivity contribution in [3.05, 3.63) is 120 Å². The molecule has 0 aliphatic heterocycles. The highest BCUT2D eigenvalue weighted by molar-refractivity contribution is 5.90. The van der Waals surface area contributed by atoms with Gasteiger partial charge >= 0.3 is 18.1 Å². The van der Waals surface area contributed by atoms with Crippen LogP contribution in [0.2, 0.25) is 0 Å². The quantitative estimate of drug-likeness (QED) is 0.0819. The van der Waals surface area contributed by atoms with Crippen LogP contribution in [0.1, 0.15) is 42.9 Å². The minimum atomic E-state index is -5.37. The van der Waals surface area contributed by atoms with Crippen molar-refractivity contribution in [2.24, 2.45) is 0 Å². The SMILES string of the molecule is O=C(CCCCNc1ccccn1)N[C@@H](Cc1ccccc1)C(=O)NC(CC(=O)OC(=O)C(F)(F)F)c1ccc(-c2ccccc2)cc1. The van der Waals surface area contributed by atoms with E-state index < -0.39 is 42.5 Å². The number of ether oxygens (including phenoxy) is 1. The number of rotatable bonds is 15. The average Bonchev–Trinajstić information content (AvgIpc) is 3.08. The number of nitrogens with zero attached hydrogens (tertiary/aromatic N) is 1. The Morgan fingerprint density at radius 2 is 1.40 bits per heavy atom. The molecule has 0 saturated carbocycles. The summed E-state index contributed by atoms with van der Waals surface area (Å²) in [6, 6.07) is 28.3. The van der Waals surface area contributed by atoms with Gasteiger partial charge in [0.25, 0.3) is 0 Å². The van der Waals surface area contributed by atoms with Crippen LogP contribution < -0.4 is 16.0 Å². The van der Waals surface area contributed by atoms with Gasteiger partial charge in [-0.05, 0) is 47.2 Å². The van der Waals surface area contributed by atoms with Crippen LogP contribution >= 0.6 is 0 Å². The highest BCUT2D eigenvalue weighted by Gasteiger charge is 2.42. The molecule has 4 aromatic rings. The largest absolute Gasteiger partial charge is 0.491 e. The van der Waals surface area contributed by atoms with Gasteiger partial charge in [-0.25, -0.2) is 9.78 Å². The van der Waals surface area contributed by atoms with Crippen molar-refractivity contribution >= 4 is 29.6 Å². The molecule has 0 fully saturated rings. The summed E-state index contributed by atoms with van der Waals surface area (Å²) in [5.41, 5.74) is 2.85. The maximum Gasteiger partial charge on any atom is 0.491 e. The second-order valence-corrected chi connectivity index (χ2v) is 10.9. The number of nitrogens with one attached hydrogen (secondary N) is 3. The lowest BCUT2D eigenvalue weighted by Crippen LogP contribution is -2.49. The molecule has 1 aromatic heterocycles. The van der Waals surface area contributed by atoms with Gasteiger partial charge in [-0.3, -0.25) is 14.4 Å². The Morgan fingerprint density at radius 1 is 0.750 bits per heavy atom. The third-order valence-electron chi connectivity index (χ3n) is 7.28. The van der Waals surface area contributed by atoms with E-state index in [0.717, 1.165) is 22.5 Å². The third-order valence-corrected chi connectivity index (χ3v) is 7.28. The molecular weight excluding hydrogens is 625 g/mol. The summed E-state index contributed by atoms with van der Waals surface area (Å²) < 4.78 is 42.4. The molecule has 12 heteroatoms. The van der Waals surface area contributed by atoms with Crippen LogP contribution in [0.5, 0.6) is 0 Å². The van der Waals surface area contributed by atoms with Gasteiger partial charge in [0.1, 0.15) is 11.9 Å². The number of hydrogen-bond donors (Lipinski definition) is 3. The topological polar surface area (TPSA) is 126 Å². The molecule has 1 unspecified atom stereocenters. The van der Waals surface area contributed by atoms with Crippen LogP contribution in [-0.2, 0) is 30.3 Å². The van der Waals surface area contributed by atoms with E-state index in [9.17, 15) is 32.3 Å². The molecular formula is C36H35F3N4O5. The Hall–Kier alpha value is -5.52. The fourth-order valence-electron chi connectivity index (χ4n) is 4.85. The van der Waals surface area contributed by atoms with Crippen LogP contribution in [-0.4, -0.2) is 47.5 Å². The Morgan fingerprint density at radius 3 is 2.04 bits per heavy atom. The van der Waals surface area contributed by atoms with Crippen LogP contribution in [0.4, 0.5) is 19.0 Å². The van der Waals surface area contributed by atoms with Crippen molar-refractivity contribution in [3.8, 4) is 11.1 Å². The standard InChI is InChI=1S/C36H35F3N4O5/c37-36(38,39)35(47)48-33(45)24-29(28-19-17-27(18-20-28)26-13-5-2-6-14-26)43-34(46)30(23-25-11-3-1-4-12-25)42-32(44)16-8-10-22-41-31-15-7-9-21-40-31/h1-7,9,11-15,17-21,29-30H,8,10,16,22-24H2,(H,40,41)(H,42,44)(H,43,46)/t29?,30-/m0/s1. The molecule has 3 N–H and O–H groups in total. The maximum atomic E-state index is 13.7. The van der Waals surface area contributed by atoms with Crippen molar-refractivity contribution in [2.45, 2.75) is 50.4 Å². The van der Waals surface area contributed by atoms with Crippen molar-refractivity contribution in [1.82, 2.24) is 15.6 Å². The lowest BCUT2D eigenvalue weighted by molar-refractivity contribution is -0.202. The van der Waals surface area contributed by atoms with Gasteiger partial charge in [-0.2, -0.15) is 13.2 Å². The summed E-state index contributed by atoms with van der Waals surface area (Å²) in [7, 11) is 0. The second kappa shape index (κ2) is 17.4.